The minimum Gasteiger partial charge on any atom is -0.469 e. The van der Waals surface area contributed by atoms with Crippen LogP contribution in [-0.4, -0.2) is 47.2 Å². The number of rotatable bonds is 4. The summed E-state index contributed by atoms with van der Waals surface area (Å²) in [4.78, 5) is 26.9. The quantitative estimate of drug-likeness (QED) is 0.667. The Morgan fingerprint density at radius 3 is 2.50 bits per heavy atom. The summed E-state index contributed by atoms with van der Waals surface area (Å²) in [5, 5.41) is 8.45. The maximum absolute atomic E-state index is 14.4. The standard InChI is InChI=1S/C24H27F2N3O3/c1-13(2)15-7-8-16(23(30)29-10-9-14(12-29)24(31)32-3)22-17(15)11-20(27-28-22)21-18(25)5-4-6-19(21)26/h4-6,11,13-16H,7-10,12H2,1-3H3/t14?,15-,16?/m0/s1. The molecule has 1 aromatic heterocycles. The zero-order valence-electron chi connectivity index (χ0n) is 18.5. The van der Waals surface area contributed by atoms with Crippen molar-refractivity contribution in [2.75, 3.05) is 20.2 Å². The molecule has 1 saturated heterocycles. The molecule has 1 fully saturated rings. The number of hydrogen-bond acceptors (Lipinski definition) is 5. The molecule has 0 spiro atoms. The van der Waals surface area contributed by atoms with E-state index in [0.29, 0.717) is 31.6 Å². The van der Waals surface area contributed by atoms with E-state index in [9.17, 15) is 18.4 Å². The summed E-state index contributed by atoms with van der Waals surface area (Å²) in [7, 11) is 1.35. The molecule has 1 amide bonds. The predicted molar refractivity (Wildman–Crippen MR) is 114 cm³/mol. The van der Waals surface area contributed by atoms with Crippen molar-refractivity contribution in [2.24, 2.45) is 11.8 Å². The number of amides is 1. The second-order valence-electron chi connectivity index (χ2n) is 8.94. The van der Waals surface area contributed by atoms with Crippen LogP contribution in [0.5, 0.6) is 0 Å². The van der Waals surface area contributed by atoms with Gasteiger partial charge in [-0.1, -0.05) is 19.9 Å². The van der Waals surface area contributed by atoms with Crippen molar-refractivity contribution in [3.8, 4) is 11.3 Å². The van der Waals surface area contributed by atoms with Crippen molar-refractivity contribution in [3.05, 3.63) is 47.2 Å². The molecule has 1 aromatic carbocycles. The van der Waals surface area contributed by atoms with Gasteiger partial charge in [-0.25, -0.2) is 8.78 Å². The van der Waals surface area contributed by atoms with Crippen LogP contribution in [0.3, 0.4) is 0 Å². The van der Waals surface area contributed by atoms with E-state index >= 15 is 0 Å². The molecule has 0 bridgehead atoms. The van der Waals surface area contributed by atoms with Crippen molar-refractivity contribution in [1.82, 2.24) is 15.1 Å². The number of fused-ring (bicyclic) bond motifs is 1. The average Bonchev–Trinajstić information content (AvgIpc) is 3.27. The van der Waals surface area contributed by atoms with Gasteiger partial charge in [0, 0.05) is 13.1 Å². The Hall–Kier alpha value is -2.90. The topological polar surface area (TPSA) is 72.4 Å². The average molecular weight is 443 g/mol. The minimum atomic E-state index is -0.699. The lowest BCUT2D eigenvalue weighted by molar-refractivity contribution is -0.145. The van der Waals surface area contributed by atoms with Gasteiger partial charge in [0.05, 0.1) is 35.9 Å². The van der Waals surface area contributed by atoms with Gasteiger partial charge in [-0.05, 0) is 54.9 Å². The first-order valence-corrected chi connectivity index (χ1v) is 11.0. The zero-order valence-corrected chi connectivity index (χ0v) is 18.5. The highest BCUT2D eigenvalue weighted by molar-refractivity contribution is 5.85. The third-order valence-corrected chi connectivity index (χ3v) is 6.71. The van der Waals surface area contributed by atoms with Crippen LogP contribution >= 0.6 is 0 Å². The lowest BCUT2D eigenvalue weighted by Crippen LogP contribution is -2.37. The molecule has 1 aliphatic carbocycles. The van der Waals surface area contributed by atoms with Crippen molar-refractivity contribution >= 4 is 11.9 Å². The number of hydrogen-bond donors (Lipinski definition) is 0. The Morgan fingerprint density at radius 1 is 1.12 bits per heavy atom. The molecule has 6 nitrogen and oxygen atoms in total. The summed E-state index contributed by atoms with van der Waals surface area (Å²) in [5.41, 5.74) is 1.31. The fourth-order valence-corrected chi connectivity index (χ4v) is 4.96. The smallest absolute Gasteiger partial charge is 0.310 e. The highest BCUT2D eigenvalue weighted by Gasteiger charge is 2.40. The summed E-state index contributed by atoms with van der Waals surface area (Å²) in [5.74, 6) is -2.21. The van der Waals surface area contributed by atoms with Gasteiger partial charge in [0.2, 0.25) is 5.91 Å². The van der Waals surface area contributed by atoms with Crippen LogP contribution in [0.2, 0.25) is 0 Å². The number of halogens is 2. The number of carbonyl (C=O) groups excluding carboxylic acids is 2. The molecule has 32 heavy (non-hydrogen) atoms. The maximum Gasteiger partial charge on any atom is 0.310 e. The Bertz CT molecular complexity index is 1020. The Kier molecular flexibility index (Phi) is 6.22. The Balaban J connectivity index is 1.68. The predicted octanol–water partition coefficient (Wildman–Crippen LogP) is 4.06. The molecule has 0 radical (unpaired) electrons. The summed E-state index contributed by atoms with van der Waals surface area (Å²) >= 11 is 0. The molecule has 2 heterocycles. The molecule has 2 aliphatic rings. The van der Waals surface area contributed by atoms with Gasteiger partial charge in [-0.3, -0.25) is 9.59 Å². The largest absolute Gasteiger partial charge is 0.469 e. The van der Waals surface area contributed by atoms with E-state index in [0.717, 1.165) is 12.0 Å². The molecule has 170 valence electrons. The van der Waals surface area contributed by atoms with Crippen molar-refractivity contribution in [2.45, 2.75) is 44.9 Å². The summed E-state index contributed by atoms with van der Waals surface area (Å²) < 4.78 is 33.5. The summed E-state index contributed by atoms with van der Waals surface area (Å²) in [6.07, 6.45) is 1.96. The normalized spacial score (nSPS) is 22.7. The number of methoxy groups -OCH3 is 1. The van der Waals surface area contributed by atoms with E-state index in [1.54, 1.807) is 11.0 Å². The van der Waals surface area contributed by atoms with Crippen LogP contribution in [0.4, 0.5) is 8.78 Å². The first-order valence-electron chi connectivity index (χ1n) is 11.0. The highest BCUT2D eigenvalue weighted by atomic mass is 19.1. The van der Waals surface area contributed by atoms with Crippen molar-refractivity contribution in [1.29, 1.82) is 0 Å². The first kappa shape index (κ1) is 22.3. The fraction of sp³-hybridized carbons (Fsp3) is 0.500. The third kappa shape index (κ3) is 3.98. The third-order valence-electron chi connectivity index (χ3n) is 6.71. The monoisotopic (exact) mass is 443 g/mol. The number of carbonyl (C=O) groups is 2. The van der Waals surface area contributed by atoms with E-state index in [1.165, 1.54) is 25.3 Å². The van der Waals surface area contributed by atoms with E-state index in [1.807, 2.05) is 0 Å². The molecule has 0 N–H and O–H groups in total. The van der Waals surface area contributed by atoms with E-state index in [2.05, 4.69) is 24.0 Å². The minimum absolute atomic E-state index is 0.0843. The molecule has 2 unspecified atom stereocenters. The van der Waals surface area contributed by atoms with Gasteiger partial charge >= 0.3 is 5.97 Å². The zero-order chi connectivity index (χ0) is 23.0. The van der Waals surface area contributed by atoms with E-state index < -0.39 is 17.6 Å². The second-order valence-corrected chi connectivity index (χ2v) is 8.94. The van der Waals surface area contributed by atoms with Crippen molar-refractivity contribution in [3.63, 3.8) is 0 Å². The Labute approximate surface area is 186 Å². The Morgan fingerprint density at radius 2 is 1.84 bits per heavy atom. The fourth-order valence-electron chi connectivity index (χ4n) is 4.96. The molecule has 3 atom stereocenters. The maximum atomic E-state index is 14.4. The van der Waals surface area contributed by atoms with Crippen LogP contribution < -0.4 is 0 Å². The van der Waals surface area contributed by atoms with Gasteiger partial charge in [0.15, 0.2) is 0 Å². The number of nitrogens with zero attached hydrogens (tertiary/aromatic N) is 3. The second kappa shape index (κ2) is 8.92. The summed E-state index contributed by atoms with van der Waals surface area (Å²) in [6, 6.07) is 5.38. The van der Waals surface area contributed by atoms with Crippen LogP contribution in [0.1, 0.15) is 56.2 Å². The molecule has 0 saturated carbocycles. The molecule has 1 aliphatic heterocycles. The first-order chi connectivity index (χ1) is 15.3. The van der Waals surface area contributed by atoms with Crippen LogP contribution in [-0.2, 0) is 14.3 Å². The molecular weight excluding hydrogens is 416 g/mol. The van der Waals surface area contributed by atoms with Crippen LogP contribution in [0.25, 0.3) is 11.3 Å². The van der Waals surface area contributed by atoms with Crippen LogP contribution in [0, 0.1) is 23.5 Å². The number of esters is 1. The van der Waals surface area contributed by atoms with E-state index in [4.69, 9.17) is 4.74 Å². The molecule has 8 heteroatoms. The van der Waals surface area contributed by atoms with Crippen LogP contribution in [0.15, 0.2) is 24.3 Å². The SMILES string of the molecule is COC(=O)C1CCN(C(=O)C2CC[C@@H](C(C)C)c3cc(-c4c(F)cccc4F)nnc32)C1. The van der Waals surface area contributed by atoms with Gasteiger partial charge in [0.1, 0.15) is 11.6 Å². The lowest BCUT2D eigenvalue weighted by Gasteiger charge is -2.33. The van der Waals surface area contributed by atoms with Gasteiger partial charge < -0.3 is 9.64 Å². The number of benzene rings is 1. The van der Waals surface area contributed by atoms with Crippen molar-refractivity contribution < 1.29 is 23.1 Å². The van der Waals surface area contributed by atoms with Gasteiger partial charge in [-0.2, -0.15) is 5.10 Å². The van der Waals surface area contributed by atoms with E-state index in [-0.39, 0.29) is 40.9 Å². The molecule has 4 rings (SSSR count). The van der Waals surface area contributed by atoms with Gasteiger partial charge in [-0.15, -0.1) is 5.10 Å². The molecule has 2 aromatic rings. The number of likely N-dealkylation sites (tertiary alicyclic amines) is 1. The summed E-state index contributed by atoms with van der Waals surface area (Å²) in [6.45, 7) is 4.99. The lowest BCUT2D eigenvalue weighted by atomic mass is 9.74. The highest BCUT2D eigenvalue weighted by Crippen LogP contribution is 2.43. The van der Waals surface area contributed by atoms with Gasteiger partial charge in [0.25, 0.3) is 0 Å². The molecular formula is C24H27F2N3O3. The number of ether oxygens (including phenoxy) is 1. The number of aromatic nitrogens is 2.